The number of ketones is 6. The quantitative estimate of drug-likeness (QED) is 0.222. The zero-order valence-electron chi connectivity index (χ0n) is 29.3. The van der Waals surface area contributed by atoms with Gasteiger partial charge in [-0.15, -0.1) is 0 Å². The number of carbonyl (C=O) groups excluding carboxylic acids is 6. The van der Waals surface area contributed by atoms with E-state index in [1.807, 2.05) is 125 Å². The van der Waals surface area contributed by atoms with Crippen LogP contribution in [0.5, 0.6) is 0 Å². The van der Waals surface area contributed by atoms with E-state index in [9.17, 15) is 28.8 Å². The fraction of sp³-hybridized carbons (Fsp3) is 0.818. The summed E-state index contributed by atoms with van der Waals surface area (Å²) in [6, 6.07) is 0. The van der Waals surface area contributed by atoms with Gasteiger partial charge >= 0.3 is 0 Å². The maximum Gasteiger partial charge on any atom is 0.145 e. The van der Waals surface area contributed by atoms with Crippen LogP contribution in [0.15, 0.2) is 0 Å². The molecular weight excluding hydrogens is 558 g/mol. The fourth-order valence-corrected chi connectivity index (χ4v) is 2.03. The molecule has 0 heterocycles. The van der Waals surface area contributed by atoms with E-state index in [-0.39, 0.29) is 73.4 Å². The smallest absolute Gasteiger partial charge is 0.145 e. The third kappa shape index (κ3) is 21.4. The Balaban J connectivity index is -0.000000240. The number of Topliss-reactive ketones (excluding diaryl/α,β-unsaturated/α-hetero) is 6. The van der Waals surface area contributed by atoms with Gasteiger partial charge in [0.2, 0.25) is 0 Å². The van der Waals surface area contributed by atoms with Crippen molar-refractivity contribution in [3.8, 4) is 0 Å². The zero-order valence-corrected chi connectivity index (χ0v) is 32.2. The standard InChI is InChI=1S/3C11H20O2.Zn/c3*1-10(2,3)8(12)7-9(13)11(4,5)6;/h3*7H2,1-6H3;. The van der Waals surface area contributed by atoms with Gasteiger partial charge in [0.05, 0.1) is 19.3 Å². The van der Waals surface area contributed by atoms with Crippen molar-refractivity contribution in [2.24, 2.45) is 32.5 Å². The van der Waals surface area contributed by atoms with Crippen LogP contribution in [0, 0.1) is 32.5 Å². The fourth-order valence-electron chi connectivity index (χ4n) is 2.03. The predicted molar refractivity (Wildman–Crippen MR) is 161 cm³/mol. The van der Waals surface area contributed by atoms with Crippen molar-refractivity contribution < 1.29 is 48.2 Å². The van der Waals surface area contributed by atoms with Gasteiger partial charge in [-0.3, -0.25) is 28.8 Å². The first-order valence-corrected chi connectivity index (χ1v) is 13.8. The van der Waals surface area contributed by atoms with E-state index in [0.717, 1.165) is 0 Å². The number of hydrogen-bond acceptors (Lipinski definition) is 6. The number of hydrogen-bond donors (Lipinski definition) is 0. The molecule has 0 spiro atoms. The van der Waals surface area contributed by atoms with Crippen LogP contribution in [0.2, 0.25) is 0 Å². The molecule has 0 atom stereocenters. The first kappa shape index (κ1) is 45.6. The first-order chi connectivity index (χ1) is 16.6. The zero-order chi connectivity index (χ0) is 32.6. The van der Waals surface area contributed by atoms with Crippen LogP contribution >= 0.6 is 0 Å². The number of rotatable bonds is 6. The normalized spacial score (nSPS) is 12.4. The van der Waals surface area contributed by atoms with Crippen molar-refractivity contribution in [3.05, 3.63) is 0 Å². The van der Waals surface area contributed by atoms with Crippen molar-refractivity contribution in [2.45, 2.75) is 144 Å². The molecule has 0 aliphatic carbocycles. The van der Waals surface area contributed by atoms with Crippen molar-refractivity contribution in [2.75, 3.05) is 0 Å². The molecule has 0 radical (unpaired) electrons. The molecule has 6 nitrogen and oxygen atoms in total. The van der Waals surface area contributed by atoms with Gasteiger partial charge in [0.1, 0.15) is 34.7 Å². The summed E-state index contributed by atoms with van der Waals surface area (Å²) in [6.45, 7) is 33.1. The molecule has 0 unspecified atom stereocenters. The van der Waals surface area contributed by atoms with E-state index in [4.69, 9.17) is 0 Å². The molecule has 0 amide bonds. The molecule has 0 N–H and O–H groups in total. The minimum Gasteiger partial charge on any atom is -0.299 e. The SMILES string of the molecule is CC(C)(C)C(=O)CC(=O)C(C)(C)C.CC(C)(C)C(=O)CC(=O)C(C)(C)C.CC(C)(C)C(=O)CC(=O)C(C)(C)C.[Zn]. The summed E-state index contributed by atoms with van der Waals surface area (Å²) in [5.41, 5.74) is -2.41. The Kier molecular flexibility index (Phi) is 18.6. The Morgan fingerprint density at radius 2 is 0.350 bits per heavy atom. The summed E-state index contributed by atoms with van der Waals surface area (Å²) in [5.74, 6) is 0.125. The molecule has 0 rings (SSSR count). The molecule has 230 valence electrons. The van der Waals surface area contributed by atoms with E-state index >= 15 is 0 Å². The van der Waals surface area contributed by atoms with Gasteiger partial charge in [-0.05, 0) is 0 Å². The number of carbonyl (C=O) groups is 6. The first-order valence-electron chi connectivity index (χ1n) is 13.8. The molecule has 0 bridgehead atoms. The summed E-state index contributed by atoms with van der Waals surface area (Å²) in [5, 5.41) is 0. The van der Waals surface area contributed by atoms with Crippen LogP contribution in [0.25, 0.3) is 0 Å². The van der Waals surface area contributed by atoms with E-state index in [1.165, 1.54) is 0 Å². The third-order valence-corrected chi connectivity index (χ3v) is 5.98. The van der Waals surface area contributed by atoms with Crippen LogP contribution in [-0.4, -0.2) is 34.7 Å². The average molecular weight is 618 g/mol. The summed E-state index contributed by atoms with van der Waals surface area (Å²) < 4.78 is 0. The minimum absolute atomic E-state index is 0. The van der Waals surface area contributed by atoms with Crippen LogP contribution in [0.4, 0.5) is 0 Å². The van der Waals surface area contributed by atoms with Gasteiger partial charge in [-0.1, -0.05) is 125 Å². The van der Waals surface area contributed by atoms with Crippen molar-refractivity contribution in [1.29, 1.82) is 0 Å². The van der Waals surface area contributed by atoms with Gasteiger partial charge in [-0.25, -0.2) is 0 Å². The molecule has 0 aliphatic heterocycles. The Hall–Kier alpha value is -1.36. The second-order valence-corrected chi connectivity index (χ2v) is 16.6. The minimum atomic E-state index is -0.402. The Morgan fingerprint density at radius 3 is 0.400 bits per heavy atom. The second kappa shape index (κ2) is 16.3. The van der Waals surface area contributed by atoms with Crippen molar-refractivity contribution >= 4 is 34.7 Å². The largest absolute Gasteiger partial charge is 0.299 e. The van der Waals surface area contributed by atoms with E-state index in [1.54, 1.807) is 0 Å². The van der Waals surface area contributed by atoms with E-state index < -0.39 is 32.5 Å². The van der Waals surface area contributed by atoms with E-state index in [2.05, 4.69) is 0 Å². The summed E-state index contributed by atoms with van der Waals surface area (Å²) in [6.07, 6.45) is 0.187. The van der Waals surface area contributed by atoms with Crippen LogP contribution < -0.4 is 0 Å². The average Bonchev–Trinajstić information content (AvgIpc) is 2.64. The molecule has 0 aliphatic rings. The van der Waals surface area contributed by atoms with Crippen LogP contribution in [-0.2, 0) is 48.2 Å². The van der Waals surface area contributed by atoms with Crippen molar-refractivity contribution in [3.63, 3.8) is 0 Å². The molecular formula is C33H60O6Zn. The molecule has 40 heavy (non-hydrogen) atoms. The molecule has 7 heteroatoms. The topological polar surface area (TPSA) is 102 Å². The van der Waals surface area contributed by atoms with Gasteiger partial charge < -0.3 is 0 Å². The molecule has 0 aromatic heterocycles. The monoisotopic (exact) mass is 616 g/mol. The summed E-state index contributed by atoms with van der Waals surface area (Å²) in [7, 11) is 0. The van der Waals surface area contributed by atoms with Crippen LogP contribution in [0.3, 0.4) is 0 Å². The maximum absolute atomic E-state index is 11.5. The van der Waals surface area contributed by atoms with Crippen molar-refractivity contribution in [1.82, 2.24) is 0 Å². The third-order valence-electron chi connectivity index (χ3n) is 5.98. The van der Waals surface area contributed by atoms with Crippen LogP contribution in [0.1, 0.15) is 144 Å². The Bertz CT molecular complexity index is 693. The molecule has 0 saturated carbocycles. The molecule has 0 saturated heterocycles. The molecule has 0 aromatic rings. The van der Waals surface area contributed by atoms with Gasteiger partial charge in [0.15, 0.2) is 0 Å². The molecule has 0 aromatic carbocycles. The molecule has 0 fully saturated rings. The van der Waals surface area contributed by atoms with Gasteiger partial charge in [0, 0.05) is 52.0 Å². The maximum atomic E-state index is 11.5. The summed E-state index contributed by atoms with van der Waals surface area (Å²) in [4.78, 5) is 69.0. The Morgan fingerprint density at radius 1 is 0.275 bits per heavy atom. The van der Waals surface area contributed by atoms with Gasteiger partial charge in [0.25, 0.3) is 0 Å². The predicted octanol–water partition coefficient (Wildman–Crippen LogP) is 7.82. The Labute approximate surface area is 258 Å². The second-order valence-electron chi connectivity index (χ2n) is 16.6. The summed E-state index contributed by atoms with van der Waals surface area (Å²) >= 11 is 0. The van der Waals surface area contributed by atoms with Gasteiger partial charge in [-0.2, -0.15) is 0 Å². The van der Waals surface area contributed by atoms with E-state index in [0.29, 0.717) is 0 Å².